The fraction of sp³-hybridized carbons (Fsp3) is 0.100. The molecule has 0 aliphatic heterocycles. The molecule has 0 saturated carbocycles. The number of ether oxygens (including phenoxy) is 1. The van der Waals surface area contributed by atoms with E-state index in [1.807, 2.05) is 54.6 Å². The van der Waals surface area contributed by atoms with Gasteiger partial charge >= 0.3 is 5.97 Å². The predicted octanol–water partition coefficient (Wildman–Crippen LogP) is 6.37. The summed E-state index contributed by atoms with van der Waals surface area (Å²) in [5, 5.41) is 13.5. The quantitative estimate of drug-likeness (QED) is 0.218. The monoisotopic (exact) mass is 525 g/mol. The molecule has 1 amide bonds. The molecule has 0 radical (unpaired) electrons. The number of carboxylic acid groups (broad SMARTS) is 1. The van der Waals surface area contributed by atoms with Gasteiger partial charge in [-0.05, 0) is 59.2 Å². The highest BCUT2D eigenvalue weighted by molar-refractivity contribution is 6.31. The molecule has 38 heavy (non-hydrogen) atoms. The van der Waals surface area contributed by atoms with Crippen molar-refractivity contribution in [1.29, 1.82) is 0 Å². The number of nitrogens with one attached hydrogen (secondary N) is 2. The number of fused-ring (bicyclic) bond motifs is 1. The zero-order valence-electron chi connectivity index (χ0n) is 20.4. The summed E-state index contributed by atoms with van der Waals surface area (Å²) in [6, 6.07) is 26.5. The first-order valence-electron chi connectivity index (χ1n) is 11.9. The second kappa shape index (κ2) is 10.9. The van der Waals surface area contributed by atoms with Crippen molar-refractivity contribution in [2.45, 2.75) is 6.04 Å². The van der Waals surface area contributed by atoms with E-state index in [9.17, 15) is 14.7 Å². The van der Waals surface area contributed by atoms with E-state index in [4.69, 9.17) is 16.3 Å². The molecule has 190 valence electrons. The van der Waals surface area contributed by atoms with E-state index in [0.29, 0.717) is 27.5 Å². The number of methoxy groups -OCH3 is 1. The summed E-state index contributed by atoms with van der Waals surface area (Å²) >= 11 is 6.34. The molecule has 1 aromatic heterocycles. The molecular weight excluding hydrogens is 502 g/mol. The zero-order valence-corrected chi connectivity index (χ0v) is 21.2. The maximum atomic E-state index is 13.2. The first-order valence-corrected chi connectivity index (χ1v) is 12.3. The Morgan fingerprint density at radius 2 is 1.68 bits per heavy atom. The lowest BCUT2D eigenvalue weighted by Gasteiger charge is -2.19. The molecule has 1 heterocycles. The van der Waals surface area contributed by atoms with Gasteiger partial charge in [0.15, 0.2) is 0 Å². The number of hydrogen-bond donors (Lipinski definition) is 3. The number of H-pyrrole nitrogens is 1. The number of carboxylic acids is 1. The van der Waals surface area contributed by atoms with Crippen LogP contribution in [0.5, 0.6) is 0 Å². The molecular formula is C30H24ClN3O4. The Morgan fingerprint density at radius 1 is 0.947 bits per heavy atom. The third-order valence-corrected chi connectivity index (χ3v) is 6.50. The van der Waals surface area contributed by atoms with E-state index >= 15 is 0 Å². The Morgan fingerprint density at radius 3 is 2.42 bits per heavy atom. The molecule has 0 spiro atoms. The first-order chi connectivity index (χ1) is 18.4. The molecule has 3 N–H and O–H groups in total. The van der Waals surface area contributed by atoms with Gasteiger partial charge < -0.3 is 20.1 Å². The minimum absolute atomic E-state index is 0.0275. The summed E-state index contributed by atoms with van der Waals surface area (Å²) in [6.07, 6.45) is 0. The topological polar surface area (TPSA) is 104 Å². The predicted molar refractivity (Wildman–Crippen MR) is 147 cm³/mol. The van der Waals surface area contributed by atoms with E-state index < -0.39 is 17.9 Å². The van der Waals surface area contributed by atoms with Crippen LogP contribution in [-0.4, -0.2) is 40.7 Å². The molecule has 5 aromatic rings. The van der Waals surface area contributed by atoms with Gasteiger partial charge in [0.25, 0.3) is 5.91 Å². The number of hydrogen-bond acceptors (Lipinski definition) is 4. The smallest absolute Gasteiger partial charge is 0.336 e. The lowest BCUT2D eigenvalue weighted by Crippen LogP contribution is -2.31. The van der Waals surface area contributed by atoms with Gasteiger partial charge in [0.1, 0.15) is 5.82 Å². The van der Waals surface area contributed by atoms with Crippen molar-refractivity contribution >= 4 is 34.5 Å². The third kappa shape index (κ3) is 5.16. The maximum Gasteiger partial charge on any atom is 0.336 e. The van der Waals surface area contributed by atoms with Gasteiger partial charge in [-0.1, -0.05) is 60.1 Å². The van der Waals surface area contributed by atoms with Gasteiger partial charge in [-0.25, -0.2) is 9.78 Å². The Balaban J connectivity index is 1.54. The van der Waals surface area contributed by atoms with E-state index in [-0.39, 0.29) is 17.7 Å². The van der Waals surface area contributed by atoms with E-state index in [0.717, 1.165) is 16.6 Å². The van der Waals surface area contributed by atoms with Crippen molar-refractivity contribution < 1.29 is 19.4 Å². The van der Waals surface area contributed by atoms with Crippen LogP contribution in [0.15, 0.2) is 91.0 Å². The molecule has 5 rings (SSSR count). The van der Waals surface area contributed by atoms with Gasteiger partial charge in [0, 0.05) is 23.3 Å². The summed E-state index contributed by atoms with van der Waals surface area (Å²) < 4.78 is 5.29. The number of rotatable bonds is 8. The number of nitrogens with zero attached hydrogens (tertiary/aromatic N) is 1. The van der Waals surface area contributed by atoms with Crippen LogP contribution in [-0.2, 0) is 4.74 Å². The number of amides is 1. The second-order valence-electron chi connectivity index (χ2n) is 8.75. The average molecular weight is 526 g/mol. The number of imidazole rings is 1. The van der Waals surface area contributed by atoms with Crippen LogP contribution in [0.25, 0.3) is 33.5 Å². The number of aromatic carboxylic acids is 1. The average Bonchev–Trinajstić information content (AvgIpc) is 3.37. The van der Waals surface area contributed by atoms with Gasteiger partial charge in [-0.3, -0.25) is 4.79 Å². The summed E-state index contributed by atoms with van der Waals surface area (Å²) in [7, 11) is 1.56. The molecule has 0 saturated heterocycles. The molecule has 1 atom stereocenters. The van der Waals surface area contributed by atoms with Crippen LogP contribution in [0.2, 0.25) is 5.02 Å². The lowest BCUT2D eigenvalue weighted by atomic mass is 9.93. The fourth-order valence-corrected chi connectivity index (χ4v) is 4.61. The molecule has 0 aliphatic carbocycles. The van der Waals surface area contributed by atoms with Crippen LogP contribution in [0, 0.1) is 0 Å². The van der Waals surface area contributed by atoms with E-state index in [1.54, 1.807) is 37.4 Å². The van der Waals surface area contributed by atoms with E-state index in [1.165, 1.54) is 6.07 Å². The highest BCUT2D eigenvalue weighted by Crippen LogP contribution is 2.36. The third-order valence-electron chi connectivity index (χ3n) is 6.27. The van der Waals surface area contributed by atoms with Gasteiger partial charge in [-0.15, -0.1) is 0 Å². The molecule has 4 aromatic carbocycles. The summed E-state index contributed by atoms with van der Waals surface area (Å²) in [5.74, 6) is -0.989. The van der Waals surface area contributed by atoms with Gasteiger partial charge in [-0.2, -0.15) is 0 Å². The molecule has 0 unspecified atom stereocenters. The molecule has 8 heteroatoms. The number of aromatic amines is 1. The maximum absolute atomic E-state index is 13.2. The fourth-order valence-electron chi connectivity index (χ4n) is 4.44. The second-order valence-corrected chi connectivity index (χ2v) is 9.19. The van der Waals surface area contributed by atoms with Crippen LogP contribution >= 0.6 is 11.6 Å². The highest BCUT2D eigenvalue weighted by Gasteiger charge is 2.21. The lowest BCUT2D eigenvalue weighted by molar-refractivity contribution is 0.0697. The number of benzene rings is 4. The molecule has 0 bridgehead atoms. The van der Waals surface area contributed by atoms with Gasteiger partial charge in [0.2, 0.25) is 0 Å². The van der Waals surface area contributed by atoms with Crippen molar-refractivity contribution in [1.82, 2.24) is 15.3 Å². The number of para-hydroxylation sites is 2. The normalized spacial score (nSPS) is 11.8. The number of halogens is 1. The Labute approximate surface area is 224 Å². The number of aromatic nitrogens is 2. The Hall–Kier alpha value is -4.46. The van der Waals surface area contributed by atoms with Crippen LogP contribution < -0.4 is 5.32 Å². The standard InChI is InChI=1S/C30H24ClN3O4/c1-38-17-27(18-7-3-2-4-8-18)34-29(35)19-11-13-21(24(15-19)30(36)37)23-16-20(31)12-14-22(23)28-32-25-9-5-6-10-26(25)33-28/h2-16,27H,17H2,1H3,(H,32,33)(H,34,35)(H,36,37)/t27-/m1/s1. The van der Waals surface area contributed by atoms with Crippen molar-refractivity contribution in [3.8, 4) is 22.5 Å². The number of carbonyl (C=O) groups is 2. The molecule has 0 aliphatic rings. The van der Waals surface area contributed by atoms with Crippen LogP contribution in [0.3, 0.4) is 0 Å². The molecule has 0 fully saturated rings. The largest absolute Gasteiger partial charge is 0.478 e. The van der Waals surface area contributed by atoms with Crippen molar-refractivity contribution in [3.63, 3.8) is 0 Å². The van der Waals surface area contributed by atoms with Crippen molar-refractivity contribution in [2.75, 3.05) is 13.7 Å². The van der Waals surface area contributed by atoms with Crippen LogP contribution in [0.4, 0.5) is 0 Å². The summed E-state index contributed by atoms with van der Waals surface area (Å²) in [4.78, 5) is 33.5. The van der Waals surface area contributed by atoms with Gasteiger partial charge in [0.05, 0.1) is 29.2 Å². The zero-order chi connectivity index (χ0) is 26.6. The Kier molecular flexibility index (Phi) is 7.22. The van der Waals surface area contributed by atoms with Crippen molar-refractivity contribution in [3.05, 3.63) is 113 Å². The minimum Gasteiger partial charge on any atom is -0.478 e. The highest BCUT2D eigenvalue weighted by atomic mass is 35.5. The van der Waals surface area contributed by atoms with E-state index in [2.05, 4.69) is 15.3 Å². The first kappa shape index (κ1) is 25.2. The van der Waals surface area contributed by atoms with Crippen LogP contribution in [0.1, 0.15) is 32.3 Å². The summed E-state index contributed by atoms with van der Waals surface area (Å²) in [6.45, 7) is 0.267. The minimum atomic E-state index is -1.17. The number of carbonyl (C=O) groups excluding carboxylic acids is 1. The Bertz CT molecular complexity index is 1600. The van der Waals surface area contributed by atoms with Crippen molar-refractivity contribution in [2.24, 2.45) is 0 Å². The molecule has 7 nitrogen and oxygen atoms in total. The summed E-state index contributed by atoms with van der Waals surface area (Å²) in [5.41, 5.74) is 4.42. The SMILES string of the molecule is COC[C@@H](NC(=O)c1ccc(-c2cc(Cl)ccc2-c2nc3ccccc3[nH]2)c(C(=O)O)c1)c1ccccc1.